The van der Waals surface area contributed by atoms with Gasteiger partial charge >= 0.3 is 5.97 Å². The highest BCUT2D eigenvalue weighted by molar-refractivity contribution is 7.98. The minimum Gasteiger partial charge on any atom is -0.481 e. The number of furan rings is 1. The molecule has 0 spiro atoms. The molecule has 0 bridgehead atoms. The first-order valence-electron chi connectivity index (χ1n) is 8.95. The molecule has 0 aliphatic carbocycles. The molecule has 0 radical (unpaired) electrons. The molecule has 2 atom stereocenters. The van der Waals surface area contributed by atoms with E-state index in [1.807, 2.05) is 36.4 Å². The summed E-state index contributed by atoms with van der Waals surface area (Å²) in [4.78, 5) is 27.4. The molecule has 2 saturated heterocycles. The molecule has 3 heterocycles. The fourth-order valence-corrected chi connectivity index (χ4v) is 4.67. The number of benzene rings is 1. The molecule has 1 aromatic heterocycles. The summed E-state index contributed by atoms with van der Waals surface area (Å²) in [6.45, 7) is 1.41. The average Bonchev–Trinajstić information content (AvgIpc) is 3.32. The quantitative estimate of drug-likeness (QED) is 0.794. The molecule has 7 heteroatoms. The number of carboxylic acid groups (broad SMARTS) is 1. The van der Waals surface area contributed by atoms with Crippen LogP contribution in [0.5, 0.6) is 0 Å². The number of thioether (sulfide) groups is 1. The van der Waals surface area contributed by atoms with Crippen molar-refractivity contribution in [3.8, 4) is 0 Å². The van der Waals surface area contributed by atoms with E-state index >= 15 is 0 Å². The number of carbonyl (C=O) groups excluding carboxylic acids is 1. The summed E-state index contributed by atoms with van der Waals surface area (Å²) in [7, 11) is 0. The van der Waals surface area contributed by atoms with Crippen LogP contribution < -0.4 is 0 Å². The third-order valence-electron chi connectivity index (χ3n) is 5.42. The van der Waals surface area contributed by atoms with Crippen molar-refractivity contribution < 1.29 is 23.8 Å². The highest BCUT2D eigenvalue weighted by Gasteiger charge is 2.55. The van der Waals surface area contributed by atoms with Crippen LogP contribution >= 0.6 is 11.8 Å². The first-order chi connectivity index (χ1) is 13.1. The normalized spacial score (nSPS) is 24.6. The number of hydrogen-bond donors (Lipinski definition) is 1. The molecule has 6 nitrogen and oxygen atoms in total. The summed E-state index contributed by atoms with van der Waals surface area (Å²) >= 11 is 1.64. The summed E-state index contributed by atoms with van der Waals surface area (Å²) in [6.07, 6.45) is 0.438. The number of fused-ring (bicyclic) bond motifs is 1. The Bertz CT molecular complexity index is 836. The summed E-state index contributed by atoms with van der Waals surface area (Å²) in [5.74, 6) is 0.355. The first kappa shape index (κ1) is 18.1. The second-order valence-electron chi connectivity index (χ2n) is 7.04. The van der Waals surface area contributed by atoms with Gasteiger partial charge in [-0.05, 0) is 30.7 Å². The number of rotatable bonds is 5. The van der Waals surface area contributed by atoms with Gasteiger partial charge in [-0.3, -0.25) is 9.59 Å². The van der Waals surface area contributed by atoms with Crippen molar-refractivity contribution in [3.05, 3.63) is 54.0 Å². The lowest BCUT2D eigenvalue weighted by Crippen LogP contribution is -2.45. The van der Waals surface area contributed by atoms with E-state index in [4.69, 9.17) is 9.15 Å². The van der Waals surface area contributed by atoms with E-state index in [0.717, 1.165) is 10.7 Å². The molecule has 4 rings (SSSR count). The van der Waals surface area contributed by atoms with Crippen molar-refractivity contribution in [2.75, 3.05) is 26.3 Å². The van der Waals surface area contributed by atoms with Crippen molar-refractivity contribution in [1.82, 2.24) is 4.90 Å². The van der Waals surface area contributed by atoms with Crippen LogP contribution in [0.2, 0.25) is 0 Å². The van der Waals surface area contributed by atoms with E-state index < -0.39 is 11.4 Å². The molecule has 27 heavy (non-hydrogen) atoms. The maximum Gasteiger partial charge on any atom is 0.311 e. The van der Waals surface area contributed by atoms with Crippen LogP contribution in [0.4, 0.5) is 0 Å². The van der Waals surface area contributed by atoms with Crippen molar-refractivity contribution >= 4 is 23.6 Å². The van der Waals surface area contributed by atoms with Crippen LogP contribution in [0.3, 0.4) is 0 Å². The predicted octanol–water partition coefficient (Wildman–Crippen LogP) is 3.14. The largest absolute Gasteiger partial charge is 0.481 e. The summed E-state index contributed by atoms with van der Waals surface area (Å²) in [5, 5.41) is 9.73. The molecule has 142 valence electrons. The van der Waals surface area contributed by atoms with E-state index in [9.17, 15) is 14.7 Å². The average molecular weight is 387 g/mol. The minimum absolute atomic E-state index is 0.171. The van der Waals surface area contributed by atoms with Gasteiger partial charge in [0.15, 0.2) is 5.76 Å². The number of nitrogens with zero attached hydrogens (tertiary/aromatic N) is 1. The maximum atomic E-state index is 12.8. The van der Waals surface area contributed by atoms with Gasteiger partial charge < -0.3 is 19.2 Å². The Hall–Kier alpha value is -2.25. The highest BCUT2D eigenvalue weighted by atomic mass is 32.2. The maximum absolute atomic E-state index is 12.8. The smallest absolute Gasteiger partial charge is 0.311 e. The Morgan fingerprint density at radius 3 is 2.78 bits per heavy atom. The van der Waals surface area contributed by atoms with E-state index in [1.54, 1.807) is 22.7 Å². The van der Waals surface area contributed by atoms with Crippen molar-refractivity contribution in [2.24, 2.45) is 11.3 Å². The van der Waals surface area contributed by atoms with Gasteiger partial charge in [0.1, 0.15) is 5.76 Å². The molecule has 0 unspecified atom stereocenters. The Labute approximate surface area is 161 Å². The van der Waals surface area contributed by atoms with Gasteiger partial charge in [0.2, 0.25) is 0 Å². The first-order valence-corrected chi connectivity index (χ1v) is 9.94. The number of aliphatic carboxylic acids is 1. The molecule has 1 aromatic carbocycles. The zero-order chi connectivity index (χ0) is 18.9. The summed E-state index contributed by atoms with van der Waals surface area (Å²) in [5.41, 5.74) is -0.896. The van der Waals surface area contributed by atoms with E-state index in [-0.39, 0.29) is 24.1 Å². The number of amides is 1. The number of hydrogen-bond acceptors (Lipinski definition) is 5. The van der Waals surface area contributed by atoms with E-state index in [2.05, 4.69) is 0 Å². The summed E-state index contributed by atoms with van der Waals surface area (Å²) in [6, 6.07) is 13.5. The van der Waals surface area contributed by atoms with Crippen LogP contribution in [-0.4, -0.2) is 48.2 Å². The Kier molecular flexibility index (Phi) is 4.97. The predicted molar refractivity (Wildman–Crippen MR) is 99.6 cm³/mol. The molecule has 0 saturated carbocycles. The van der Waals surface area contributed by atoms with Crippen molar-refractivity contribution in [3.63, 3.8) is 0 Å². The van der Waals surface area contributed by atoms with Gasteiger partial charge in [-0.2, -0.15) is 0 Å². The second-order valence-corrected chi connectivity index (χ2v) is 8.09. The molecular weight excluding hydrogens is 366 g/mol. The van der Waals surface area contributed by atoms with Crippen LogP contribution in [-0.2, 0) is 15.3 Å². The Morgan fingerprint density at radius 1 is 1.22 bits per heavy atom. The molecule has 2 aliphatic rings. The monoisotopic (exact) mass is 387 g/mol. The van der Waals surface area contributed by atoms with Crippen LogP contribution in [0, 0.1) is 11.3 Å². The molecular formula is C20H21NO5S. The minimum atomic E-state index is -0.896. The van der Waals surface area contributed by atoms with Crippen molar-refractivity contribution in [2.45, 2.75) is 17.1 Å². The number of ether oxygens (including phenoxy) is 1. The SMILES string of the molecule is O=C(c1ccc(CSc2ccccc2)o1)N1C[C@@H]2COCC[C@]2(C(=O)O)C1. The number of carboxylic acids is 1. The molecule has 2 aliphatic heterocycles. The lowest BCUT2D eigenvalue weighted by molar-refractivity contribution is -0.157. The second kappa shape index (κ2) is 7.40. The topological polar surface area (TPSA) is 80.0 Å². The van der Waals surface area contributed by atoms with Gasteiger partial charge in [-0.1, -0.05) is 18.2 Å². The number of carbonyl (C=O) groups is 2. The van der Waals surface area contributed by atoms with Gasteiger partial charge in [-0.25, -0.2) is 0 Å². The zero-order valence-corrected chi connectivity index (χ0v) is 15.6. The fourth-order valence-electron chi connectivity index (χ4n) is 3.85. The Balaban J connectivity index is 1.43. The van der Waals surface area contributed by atoms with Gasteiger partial charge in [-0.15, -0.1) is 11.8 Å². The van der Waals surface area contributed by atoms with E-state index in [1.165, 1.54) is 0 Å². The highest BCUT2D eigenvalue weighted by Crippen LogP contribution is 2.43. The van der Waals surface area contributed by atoms with Gasteiger partial charge in [0, 0.05) is 30.5 Å². The lowest BCUT2D eigenvalue weighted by atomic mass is 9.74. The van der Waals surface area contributed by atoms with Crippen molar-refractivity contribution in [1.29, 1.82) is 0 Å². The third kappa shape index (κ3) is 3.49. The summed E-state index contributed by atoms with van der Waals surface area (Å²) < 4.78 is 11.2. The lowest BCUT2D eigenvalue weighted by Gasteiger charge is -2.33. The third-order valence-corrected chi connectivity index (χ3v) is 6.45. The zero-order valence-electron chi connectivity index (χ0n) is 14.8. The fraction of sp³-hybridized carbons (Fsp3) is 0.400. The van der Waals surface area contributed by atoms with Crippen LogP contribution in [0.1, 0.15) is 22.7 Å². The molecule has 2 aromatic rings. The number of likely N-dealkylation sites (tertiary alicyclic amines) is 1. The standard InChI is InChI=1S/C20H21NO5S/c22-18(21-10-14-11-25-9-8-20(14,13-21)19(23)24)17-7-6-15(26-17)12-27-16-4-2-1-3-5-16/h1-7,14H,8-13H2,(H,23,24)/t14-,20+/m1/s1. The van der Waals surface area contributed by atoms with Crippen LogP contribution in [0.15, 0.2) is 51.8 Å². The van der Waals surface area contributed by atoms with E-state index in [0.29, 0.717) is 31.9 Å². The molecule has 1 N–H and O–H groups in total. The molecule has 2 fully saturated rings. The molecule has 1 amide bonds. The van der Waals surface area contributed by atoms with Crippen LogP contribution in [0.25, 0.3) is 0 Å². The van der Waals surface area contributed by atoms with Gasteiger partial charge in [0.25, 0.3) is 5.91 Å². The Morgan fingerprint density at radius 2 is 2.04 bits per heavy atom. The van der Waals surface area contributed by atoms with Gasteiger partial charge in [0.05, 0.1) is 17.8 Å².